The average Bonchev–Trinajstić information content (AvgIpc) is 2.32. The van der Waals surface area contributed by atoms with E-state index in [0.29, 0.717) is 12.5 Å². The largest absolute Gasteiger partial charge is 0.477 e. The van der Waals surface area contributed by atoms with Crippen molar-refractivity contribution in [3.63, 3.8) is 0 Å². The van der Waals surface area contributed by atoms with Crippen molar-refractivity contribution >= 4 is 5.82 Å². The Bertz CT molecular complexity index is 475. The second-order valence-corrected chi connectivity index (χ2v) is 6.16. The number of rotatable bonds is 6. The highest BCUT2D eigenvalue weighted by molar-refractivity contribution is 5.49. The van der Waals surface area contributed by atoms with Crippen LogP contribution in [0.25, 0.3) is 0 Å². The highest BCUT2D eigenvalue weighted by Gasteiger charge is 2.21. The van der Waals surface area contributed by atoms with Crippen LogP contribution in [0.1, 0.15) is 52.4 Å². The summed E-state index contributed by atoms with van der Waals surface area (Å²) in [6, 6.07) is 0. The maximum atomic E-state index is 5.82. The van der Waals surface area contributed by atoms with Gasteiger partial charge in [-0.15, -0.1) is 6.58 Å². The van der Waals surface area contributed by atoms with Crippen molar-refractivity contribution in [1.82, 2.24) is 9.97 Å². The van der Waals surface area contributed by atoms with Gasteiger partial charge in [0, 0.05) is 18.4 Å². The van der Waals surface area contributed by atoms with E-state index in [1.807, 2.05) is 13.8 Å². The lowest BCUT2D eigenvalue weighted by Gasteiger charge is -2.20. The first-order valence-electron chi connectivity index (χ1n) is 7.15. The highest BCUT2D eigenvalue weighted by Crippen LogP contribution is 2.27. The van der Waals surface area contributed by atoms with Gasteiger partial charge in [-0.2, -0.15) is 4.98 Å². The molecular weight excluding hydrogens is 250 g/mol. The Kier molecular flexibility index (Phi) is 5.54. The number of hydrogen-bond donors (Lipinski definition) is 1. The molecule has 1 heterocycles. The minimum absolute atomic E-state index is 0.107. The molecule has 0 atom stereocenters. The van der Waals surface area contributed by atoms with Crippen molar-refractivity contribution in [2.75, 3.05) is 18.5 Å². The van der Waals surface area contributed by atoms with Crippen molar-refractivity contribution in [2.24, 2.45) is 0 Å². The third kappa shape index (κ3) is 4.51. The maximum absolute atomic E-state index is 5.82. The van der Waals surface area contributed by atoms with E-state index in [0.717, 1.165) is 35.7 Å². The van der Waals surface area contributed by atoms with Crippen LogP contribution in [0.5, 0.6) is 5.88 Å². The summed E-state index contributed by atoms with van der Waals surface area (Å²) in [6.45, 7) is 17.7. The van der Waals surface area contributed by atoms with Gasteiger partial charge < -0.3 is 10.1 Å². The van der Waals surface area contributed by atoms with Crippen LogP contribution in [-0.2, 0) is 5.41 Å². The van der Waals surface area contributed by atoms with Crippen LogP contribution in [0.3, 0.4) is 0 Å². The van der Waals surface area contributed by atoms with E-state index < -0.39 is 0 Å². The molecule has 0 aromatic carbocycles. The van der Waals surface area contributed by atoms with Crippen LogP contribution in [0, 0.1) is 6.92 Å². The molecule has 0 amide bonds. The molecule has 20 heavy (non-hydrogen) atoms. The van der Waals surface area contributed by atoms with E-state index in [4.69, 9.17) is 4.74 Å². The summed E-state index contributed by atoms with van der Waals surface area (Å²) in [6.07, 6.45) is 0.838. The number of nitrogens with zero attached hydrogens (tertiary/aromatic N) is 2. The monoisotopic (exact) mass is 277 g/mol. The summed E-state index contributed by atoms with van der Waals surface area (Å²) < 4.78 is 5.82. The first-order chi connectivity index (χ1) is 9.25. The molecule has 1 rings (SSSR count). The number of hydrogen-bond acceptors (Lipinski definition) is 4. The van der Waals surface area contributed by atoms with Crippen LogP contribution in [-0.4, -0.2) is 23.1 Å². The van der Waals surface area contributed by atoms with Crippen LogP contribution in [0.15, 0.2) is 12.2 Å². The molecular formula is C16H27N3O. The van der Waals surface area contributed by atoms with Gasteiger partial charge >= 0.3 is 0 Å². The van der Waals surface area contributed by atoms with Crippen molar-refractivity contribution in [3.8, 4) is 5.88 Å². The van der Waals surface area contributed by atoms with Crippen LogP contribution in [0.4, 0.5) is 5.82 Å². The Labute approximate surface area is 122 Å². The molecule has 1 aromatic rings. The Hall–Kier alpha value is -1.58. The second kappa shape index (κ2) is 6.73. The van der Waals surface area contributed by atoms with E-state index in [9.17, 15) is 0 Å². The smallest absolute Gasteiger partial charge is 0.221 e. The van der Waals surface area contributed by atoms with Gasteiger partial charge in [-0.3, -0.25) is 0 Å². The van der Waals surface area contributed by atoms with E-state index in [-0.39, 0.29) is 5.41 Å². The Morgan fingerprint density at radius 3 is 2.45 bits per heavy atom. The third-order valence-electron chi connectivity index (χ3n) is 2.88. The van der Waals surface area contributed by atoms with E-state index in [1.54, 1.807) is 0 Å². The van der Waals surface area contributed by atoms with E-state index in [1.165, 1.54) is 0 Å². The summed E-state index contributed by atoms with van der Waals surface area (Å²) in [5.41, 5.74) is 1.96. The number of nitrogens with one attached hydrogen (secondary N) is 1. The quantitative estimate of drug-likeness (QED) is 0.802. The fourth-order valence-electron chi connectivity index (χ4n) is 1.63. The van der Waals surface area contributed by atoms with Gasteiger partial charge in [0.2, 0.25) is 5.88 Å². The molecule has 0 saturated heterocycles. The fourth-order valence-corrected chi connectivity index (χ4v) is 1.63. The molecule has 0 aliphatic carbocycles. The molecule has 0 aliphatic heterocycles. The standard InChI is InChI=1S/C16H27N3O/c1-8-17-13-12(4)14(20-10-9-11(2)3)19-15(18-13)16(5,6)7/h2,8-10H2,1,3-7H3,(H,17,18,19). The van der Waals surface area contributed by atoms with Gasteiger partial charge in [0.25, 0.3) is 0 Å². The zero-order valence-corrected chi connectivity index (χ0v) is 13.6. The molecule has 0 unspecified atom stereocenters. The maximum Gasteiger partial charge on any atom is 0.221 e. The molecule has 0 fully saturated rings. The molecule has 0 spiro atoms. The van der Waals surface area contributed by atoms with Gasteiger partial charge in [0.1, 0.15) is 11.6 Å². The lowest BCUT2D eigenvalue weighted by atomic mass is 9.95. The van der Waals surface area contributed by atoms with Gasteiger partial charge in [-0.05, 0) is 20.8 Å². The molecule has 0 saturated carbocycles. The molecule has 1 aromatic heterocycles. The van der Waals surface area contributed by atoms with Crippen LogP contribution < -0.4 is 10.1 Å². The summed E-state index contributed by atoms with van der Waals surface area (Å²) in [5.74, 6) is 2.32. The normalized spacial score (nSPS) is 11.3. The zero-order chi connectivity index (χ0) is 15.3. The molecule has 1 N–H and O–H groups in total. The highest BCUT2D eigenvalue weighted by atomic mass is 16.5. The summed E-state index contributed by atoms with van der Waals surface area (Å²) >= 11 is 0. The fraction of sp³-hybridized carbons (Fsp3) is 0.625. The summed E-state index contributed by atoms with van der Waals surface area (Å²) in [5, 5.41) is 3.28. The van der Waals surface area contributed by atoms with Crippen molar-refractivity contribution < 1.29 is 4.74 Å². The van der Waals surface area contributed by atoms with E-state index in [2.05, 4.69) is 49.6 Å². The van der Waals surface area contributed by atoms with Crippen LogP contribution in [0.2, 0.25) is 0 Å². The lowest BCUT2D eigenvalue weighted by molar-refractivity contribution is 0.303. The predicted octanol–water partition coefficient (Wildman–Crippen LogP) is 3.86. The second-order valence-electron chi connectivity index (χ2n) is 6.16. The van der Waals surface area contributed by atoms with Gasteiger partial charge in [-0.1, -0.05) is 26.3 Å². The molecule has 0 radical (unpaired) electrons. The van der Waals surface area contributed by atoms with Crippen molar-refractivity contribution in [1.29, 1.82) is 0 Å². The molecule has 4 heteroatoms. The number of aromatic nitrogens is 2. The number of ether oxygens (including phenoxy) is 1. The topological polar surface area (TPSA) is 47.0 Å². The summed E-state index contributed by atoms with van der Waals surface area (Å²) in [7, 11) is 0. The average molecular weight is 277 g/mol. The Morgan fingerprint density at radius 1 is 1.30 bits per heavy atom. The van der Waals surface area contributed by atoms with Crippen molar-refractivity contribution in [3.05, 3.63) is 23.5 Å². The Morgan fingerprint density at radius 2 is 1.95 bits per heavy atom. The van der Waals surface area contributed by atoms with Crippen molar-refractivity contribution in [2.45, 2.75) is 53.4 Å². The van der Waals surface area contributed by atoms with Gasteiger partial charge in [0.15, 0.2) is 0 Å². The van der Waals surface area contributed by atoms with Gasteiger partial charge in [0.05, 0.1) is 12.2 Å². The molecule has 0 aliphatic rings. The Balaban J connectivity index is 3.07. The first-order valence-corrected chi connectivity index (χ1v) is 7.15. The third-order valence-corrected chi connectivity index (χ3v) is 2.88. The lowest BCUT2D eigenvalue weighted by Crippen LogP contribution is -2.19. The zero-order valence-electron chi connectivity index (χ0n) is 13.6. The van der Waals surface area contributed by atoms with Gasteiger partial charge in [-0.25, -0.2) is 4.98 Å². The molecule has 4 nitrogen and oxygen atoms in total. The minimum atomic E-state index is -0.107. The predicted molar refractivity (Wildman–Crippen MR) is 84.6 cm³/mol. The minimum Gasteiger partial charge on any atom is -0.477 e. The molecule has 112 valence electrons. The van der Waals surface area contributed by atoms with E-state index >= 15 is 0 Å². The van der Waals surface area contributed by atoms with Crippen LogP contribution >= 0.6 is 0 Å². The summed E-state index contributed by atoms with van der Waals surface area (Å²) in [4.78, 5) is 9.20. The number of anilines is 1. The SMILES string of the molecule is C=C(C)CCOc1nc(C(C)(C)C)nc(NCC)c1C. The molecule has 0 bridgehead atoms. The first kappa shape index (κ1) is 16.5.